The molecule has 0 amide bonds. The van der Waals surface area contributed by atoms with E-state index in [0.29, 0.717) is 5.56 Å². The van der Waals surface area contributed by atoms with Gasteiger partial charge in [0.15, 0.2) is 0 Å². The molecule has 0 saturated heterocycles. The minimum Gasteiger partial charge on any atom is -0.310 e. The molecule has 0 spiro atoms. The molecule has 0 heterocycles. The molecule has 0 fully saturated rings. The standard InChI is InChI=1S/C46H33N/c1-3-10-34(11-4-1)37-18-20-38(21-19-37)40-26-30-45(31-27-40)47(44-28-24-39(25-29-44)35-12-5-2-6-13-35)46-17-9-16-42(33-46)43-23-22-36-14-7-8-15-41(36)32-43/h1-33H/i2D,5D,6D,9D,12D,13D,16D,17D,24D,25D,28D,29D,33D. The summed E-state index contributed by atoms with van der Waals surface area (Å²) in [7, 11) is 0. The summed E-state index contributed by atoms with van der Waals surface area (Å²) in [5.41, 5.74) is 2.66. The van der Waals surface area contributed by atoms with Gasteiger partial charge in [-0.15, -0.1) is 0 Å². The highest BCUT2D eigenvalue weighted by molar-refractivity contribution is 5.89. The Morgan fingerprint density at radius 2 is 0.872 bits per heavy atom. The maximum Gasteiger partial charge on any atom is 0.0651 e. The Morgan fingerprint density at radius 3 is 1.57 bits per heavy atom. The van der Waals surface area contributed by atoms with Crippen LogP contribution in [-0.4, -0.2) is 0 Å². The molecule has 0 aliphatic heterocycles. The van der Waals surface area contributed by atoms with E-state index in [1.807, 2.05) is 84.9 Å². The fourth-order valence-electron chi connectivity index (χ4n) is 5.51. The number of hydrogen-bond donors (Lipinski definition) is 0. The van der Waals surface area contributed by atoms with Gasteiger partial charge in [-0.1, -0.05) is 158 Å². The van der Waals surface area contributed by atoms with E-state index in [1.54, 1.807) is 36.4 Å². The van der Waals surface area contributed by atoms with Crippen LogP contribution in [0.5, 0.6) is 0 Å². The predicted molar refractivity (Wildman–Crippen MR) is 200 cm³/mol. The van der Waals surface area contributed by atoms with E-state index in [4.69, 9.17) is 12.3 Å². The summed E-state index contributed by atoms with van der Waals surface area (Å²) < 4.78 is 115. The summed E-state index contributed by atoms with van der Waals surface area (Å²) in [6.07, 6.45) is 0. The van der Waals surface area contributed by atoms with Gasteiger partial charge in [-0.05, 0) is 97.6 Å². The molecule has 0 aliphatic rings. The van der Waals surface area contributed by atoms with Gasteiger partial charge in [0.1, 0.15) is 0 Å². The minimum absolute atomic E-state index is 0.0166. The first kappa shape index (κ1) is 17.5. The van der Waals surface area contributed by atoms with E-state index in [-0.39, 0.29) is 29.0 Å². The lowest BCUT2D eigenvalue weighted by atomic mass is 9.99. The highest BCUT2D eigenvalue weighted by Crippen LogP contribution is 2.39. The molecule has 8 rings (SSSR count). The van der Waals surface area contributed by atoms with Crippen LogP contribution >= 0.6 is 0 Å². The quantitative estimate of drug-likeness (QED) is 0.173. The predicted octanol–water partition coefficient (Wildman–Crippen LogP) is 13.0. The van der Waals surface area contributed by atoms with Gasteiger partial charge in [0.05, 0.1) is 17.8 Å². The molecule has 0 bridgehead atoms. The van der Waals surface area contributed by atoms with E-state index in [1.165, 1.54) is 4.90 Å². The molecule has 8 aromatic carbocycles. The van der Waals surface area contributed by atoms with Gasteiger partial charge in [0, 0.05) is 17.1 Å². The van der Waals surface area contributed by atoms with Crippen LogP contribution in [0.15, 0.2) is 200 Å². The van der Waals surface area contributed by atoms with Crippen LogP contribution in [0.4, 0.5) is 17.1 Å². The molecule has 0 unspecified atom stereocenters. The zero-order chi connectivity index (χ0) is 42.7. The first-order valence-corrected chi connectivity index (χ1v) is 15.0. The monoisotopic (exact) mass is 612 g/mol. The zero-order valence-electron chi connectivity index (χ0n) is 38.0. The van der Waals surface area contributed by atoms with Crippen LogP contribution in [0, 0.1) is 0 Å². The van der Waals surface area contributed by atoms with E-state index >= 15 is 0 Å². The fourth-order valence-corrected chi connectivity index (χ4v) is 5.51. The highest BCUT2D eigenvalue weighted by atomic mass is 15.1. The number of rotatable bonds is 7. The SMILES string of the molecule is [2H]c1c([2H])c([2H])c(-c2c([2H])c([2H])c(N(c3ccc(-c4ccc(-c5ccccc5)cc4)cc3)c3c([2H])c([2H])c([2H])c(-c4ccc5ccccc5c4)c3[2H])c([2H])c2[2H])c([2H])c1[2H]. The number of nitrogens with zero attached hydrogens (tertiary/aromatic N) is 1. The lowest BCUT2D eigenvalue weighted by Crippen LogP contribution is -2.10. The van der Waals surface area contributed by atoms with Gasteiger partial charge in [0.2, 0.25) is 0 Å². The van der Waals surface area contributed by atoms with Gasteiger partial charge < -0.3 is 4.90 Å². The van der Waals surface area contributed by atoms with Crippen LogP contribution in [-0.2, 0) is 0 Å². The molecule has 0 atom stereocenters. The Bertz CT molecular complexity index is 2950. The summed E-state index contributed by atoms with van der Waals surface area (Å²) >= 11 is 0. The Labute approximate surface area is 294 Å². The Kier molecular flexibility index (Phi) is 4.72. The Balaban J connectivity index is 1.37. The van der Waals surface area contributed by atoms with E-state index < -0.39 is 83.3 Å². The Morgan fingerprint density at radius 1 is 0.319 bits per heavy atom. The van der Waals surface area contributed by atoms with Gasteiger partial charge >= 0.3 is 0 Å². The first-order chi connectivity index (χ1) is 28.7. The number of fused-ring (bicyclic) bond motifs is 1. The molecule has 0 aromatic heterocycles. The second kappa shape index (κ2) is 12.7. The molecule has 1 nitrogen and oxygen atoms in total. The summed E-state index contributed by atoms with van der Waals surface area (Å²) in [5.74, 6) is 0. The van der Waals surface area contributed by atoms with Crippen LogP contribution in [0.25, 0.3) is 55.3 Å². The zero-order valence-corrected chi connectivity index (χ0v) is 25.0. The fraction of sp³-hybridized carbons (Fsp3) is 0. The number of hydrogen-bond acceptors (Lipinski definition) is 1. The van der Waals surface area contributed by atoms with E-state index in [9.17, 15) is 5.48 Å². The Hall–Kier alpha value is -6.18. The molecule has 47 heavy (non-hydrogen) atoms. The normalized spacial score (nSPS) is 14.9. The van der Waals surface area contributed by atoms with Crippen molar-refractivity contribution in [3.05, 3.63) is 200 Å². The second-order valence-electron chi connectivity index (χ2n) is 10.8. The maximum absolute atomic E-state index is 9.63. The van der Waals surface area contributed by atoms with E-state index in [2.05, 4.69) is 0 Å². The first-order valence-electron chi connectivity index (χ1n) is 21.5. The van der Waals surface area contributed by atoms with E-state index in [0.717, 1.165) is 33.0 Å². The molecular weight excluding hydrogens is 567 g/mol. The summed E-state index contributed by atoms with van der Waals surface area (Å²) in [4.78, 5) is 1.21. The molecule has 0 aliphatic carbocycles. The van der Waals surface area contributed by atoms with Crippen molar-refractivity contribution in [2.75, 3.05) is 4.90 Å². The van der Waals surface area contributed by atoms with Crippen molar-refractivity contribution in [1.29, 1.82) is 0 Å². The van der Waals surface area contributed by atoms with Gasteiger partial charge in [-0.3, -0.25) is 0 Å². The van der Waals surface area contributed by atoms with Crippen LogP contribution in [0.3, 0.4) is 0 Å². The van der Waals surface area contributed by atoms with Crippen LogP contribution in [0.2, 0.25) is 0 Å². The van der Waals surface area contributed by atoms with Crippen molar-refractivity contribution >= 4 is 27.8 Å². The van der Waals surface area contributed by atoms with Crippen LogP contribution < -0.4 is 4.90 Å². The third kappa shape index (κ3) is 5.95. The molecule has 0 radical (unpaired) electrons. The summed E-state index contributed by atoms with van der Waals surface area (Å²) in [6.45, 7) is 0. The average Bonchev–Trinajstić information content (AvgIpc) is 3.27. The van der Waals surface area contributed by atoms with Crippen molar-refractivity contribution in [1.82, 2.24) is 0 Å². The molecule has 0 saturated carbocycles. The summed E-state index contributed by atoms with van der Waals surface area (Å²) in [6, 6.07) is 29.3. The largest absolute Gasteiger partial charge is 0.310 e. The molecule has 0 N–H and O–H groups in total. The van der Waals surface area contributed by atoms with Crippen molar-refractivity contribution < 1.29 is 17.8 Å². The van der Waals surface area contributed by atoms with Crippen molar-refractivity contribution in [3.63, 3.8) is 0 Å². The second-order valence-corrected chi connectivity index (χ2v) is 10.8. The lowest BCUT2D eigenvalue weighted by Gasteiger charge is -2.26. The van der Waals surface area contributed by atoms with Gasteiger partial charge in [-0.25, -0.2) is 0 Å². The third-order valence-corrected chi connectivity index (χ3v) is 7.91. The molecular formula is C46H33N. The highest BCUT2D eigenvalue weighted by Gasteiger charge is 2.15. The topological polar surface area (TPSA) is 3.24 Å². The minimum atomic E-state index is -0.722. The lowest BCUT2D eigenvalue weighted by molar-refractivity contribution is 1.28. The maximum atomic E-state index is 9.63. The van der Waals surface area contributed by atoms with Crippen LogP contribution in [0.1, 0.15) is 17.8 Å². The number of anilines is 3. The number of benzene rings is 8. The molecule has 1 heteroatoms. The molecule has 222 valence electrons. The van der Waals surface area contributed by atoms with Crippen molar-refractivity contribution in [2.24, 2.45) is 0 Å². The third-order valence-electron chi connectivity index (χ3n) is 7.91. The average molecular weight is 613 g/mol. The van der Waals surface area contributed by atoms with Crippen molar-refractivity contribution in [3.8, 4) is 44.5 Å². The van der Waals surface area contributed by atoms with Gasteiger partial charge in [-0.2, -0.15) is 0 Å². The molecule has 8 aromatic rings. The summed E-state index contributed by atoms with van der Waals surface area (Å²) in [5, 5.41) is 1.71. The smallest absolute Gasteiger partial charge is 0.0651 e. The van der Waals surface area contributed by atoms with Gasteiger partial charge in [0.25, 0.3) is 0 Å². The van der Waals surface area contributed by atoms with Crippen molar-refractivity contribution in [2.45, 2.75) is 0 Å².